The Kier molecular flexibility index (Phi) is 4.37. The second-order valence-corrected chi connectivity index (χ2v) is 6.87. The maximum absolute atomic E-state index is 13.8. The molecule has 1 heterocycles. The van der Waals surface area contributed by atoms with Gasteiger partial charge in [-0.25, -0.2) is 9.18 Å². The smallest absolute Gasteiger partial charge is 0.407 e. The van der Waals surface area contributed by atoms with Gasteiger partial charge in [0.15, 0.2) is 0 Å². The van der Waals surface area contributed by atoms with Gasteiger partial charge in [-0.05, 0) is 55.0 Å². The molecule has 1 aromatic heterocycles. The first-order valence-corrected chi connectivity index (χ1v) is 8.87. The molecule has 1 aliphatic rings. The van der Waals surface area contributed by atoms with Crippen LogP contribution < -0.4 is 5.32 Å². The maximum atomic E-state index is 13.8. The normalized spacial score (nSPS) is 16.3. The van der Waals surface area contributed by atoms with Gasteiger partial charge in [0.1, 0.15) is 12.4 Å². The zero-order valence-electron chi connectivity index (χ0n) is 14.6. The number of aromatic amines is 1. The van der Waals surface area contributed by atoms with Gasteiger partial charge in [-0.2, -0.15) is 0 Å². The lowest BCUT2D eigenvalue weighted by Gasteiger charge is -2.23. The van der Waals surface area contributed by atoms with Crippen LogP contribution in [0.3, 0.4) is 0 Å². The van der Waals surface area contributed by atoms with E-state index in [-0.39, 0.29) is 18.5 Å². The highest BCUT2D eigenvalue weighted by molar-refractivity contribution is 5.87. The number of carbonyl (C=O) groups excluding carboxylic acids is 1. The SMILES string of the molecule is Cc1cc(F)cc2c3c([nH]c12)CCC(NC(=O)OCc1ccccc1)C3. The maximum Gasteiger partial charge on any atom is 0.407 e. The van der Waals surface area contributed by atoms with Crippen molar-refractivity contribution in [2.75, 3.05) is 0 Å². The topological polar surface area (TPSA) is 54.1 Å². The molecule has 0 bridgehead atoms. The van der Waals surface area contributed by atoms with Gasteiger partial charge in [-0.3, -0.25) is 0 Å². The summed E-state index contributed by atoms with van der Waals surface area (Å²) in [5.74, 6) is -0.228. The number of aromatic nitrogens is 1. The van der Waals surface area contributed by atoms with Crippen LogP contribution in [0.2, 0.25) is 0 Å². The lowest BCUT2D eigenvalue weighted by atomic mass is 9.91. The first-order chi connectivity index (χ1) is 12.6. The summed E-state index contributed by atoms with van der Waals surface area (Å²) in [6.07, 6.45) is 1.93. The zero-order chi connectivity index (χ0) is 18.1. The van der Waals surface area contributed by atoms with Gasteiger partial charge in [0.2, 0.25) is 0 Å². The van der Waals surface area contributed by atoms with Crippen molar-refractivity contribution in [3.05, 3.63) is 70.7 Å². The summed E-state index contributed by atoms with van der Waals surface area (Å²) in [6, 6.07) is 12.7. The number of ether oxygens (including phenoxy) is 1. The molecule has 5 heteroatoms. The average molecular weight is 352 g/mol. The number of hydrogen-bond donors (Lipinski definition) is 2. The molecule has 0 spiro atoms. The predicted molar refractivity (Wildman–Crippen MR) is 98.6 cm³/mol. The Labute approximate surface area is 151 Å². The molecule has 1 unspecified atom stereocenters. The molecule has 26 heavy (non-hydrogen) atoms. The van der Waals surface area contributed by atoms with E-state index in [2.05, 4.69) is 10.3 Å². The minimum atomic E-state index is -0.412. The number of hydrogen-bond acceptors (Lipinski definition) is 2. The number of amides is 1. The minimum Gasteiger partial charge on any atom is -0.445 e. The fourth-order valence-corrected chi connectivity index (χ4v) is 3.70. The largest absolute Gasteiger partial charge is 0.445 e. The Morgan fingerprint density at radius 2 is 2.12 bits per heavy atom. The van der Waals surface area contributed by atoms with Gasteiger partial charge in [0, 0.05) is 22.6 Å². The van der Waals surface area contributed by atoms with Gasteiger partial charge >= 0.3 is 6.09 Å². The number of carbonyl (C=O) groups is 1. The number of rotatable bonds is 3. The van der Waals surface area contributed by atoms with Gasteiger partial charge in [0.25, 0.3) is 0 Å². The molecule has 0 aliphatic heterocycles. The highest BCUT2D eigenvalue weighted by atomic mass is 19.1. The van der Waals surface area contributed by atoms with Crippen LogP contribution in [-0.2, 0) is 24.2 Å². The van der Waals surface area contributed by atoms with Gasteiger partial charge in [-0.15, -0.1) is 0 Å². The van der Waals surface area contributed by atoms with Gasteiger partial charge < -0.3 is 15.0 Å². The van der Waals surface area contributed by atoms with Gasteiger partial charge in [0.05, 0.1) is 0 Å². The van der Waals surface area contributed by atoms with Crippen molar-refractivity contribution in [1.29, 1.82) is 0 Å². The van der Waals surface area contributed by atoms with E-state index in [0.29, 0.717) is 6.42 Å². The Bertz CT molecular complexity index is 950. The standard InChI is InChI=1S/C21H21FN2O2/c1-13-9-15(22)10-18-17-11-16(7-8-19(17)24-20(13)18)23-21(25)26-12-14-5-3-2-4-6-14/h2-6,9-10,16,24H,7-8,11-12H2,1H3,(H,23,25). The van der Waals surface area contributed by atoms with Crippen molar-refractivity contribution < 1.29 is 13.9 Å². The third-order valence-electron chi connectivity index (χ3n) is 4.99. The van der Waals surface area contributed by atoms with Crippen LogP contribution in [0.1, 0.15) is 28.8 Å². The van der Waals surface area contributed by atoms with E-state index in [4.69, 9.17) is 4.74 Å². The van der Waals surface area contributed by atoms with Crippen LogP contribution in [0, 0.1) is 12.7 Å². The van der Waals surface area contributed by atoms with Crippen LogP contribution >= 0.6 is 0 Å². The van der Waals surface area contributed by atoms with Crippen molar-refractivity contribution in [2.24, 2.45) is 0 Å². The Hall–Kier alpha value is -2.82. The Morgan fingerprint density at radius 3 is 2.92 bits per heavy atom. The quantitative estimate of drug-likeness (QED) is 0.734. The summed E-state index contributed by atoms with van der Waals surface area (Å²) in [4.78, 5) is 15.5. The van der Waals surface area contributed by atoms with Crippen LogP contribution in [0.5, 0.6) is 0 Å². The number of fused-ring (bicyclic) bond motifs is 3. The number of aryl methyl sites for hydroxylation is 2. The highest BCUT2D eigenvalue weighted by Crippen LogP contribution is 2.31. The van der Waals surface area contributed by atoms with Crippen LogP contribution in [0.25, 0.3) is 10.9 Å². The van der Waals surface area contributed by atoms with Crippen molar-refractivity contribution in [1.82, 2.24) is 10.3 Å². The number of H-pyrrole nitrogens is 1. The fraction of sp³-hybridized carbons (Fsp3) is 0.286. The van der Waals surface area contributed by atoms with Crippen molar-refractivity contribution >= 4 is 17.0 Å². The number of benzene rings is 2. The summed E-state index contributed by atoms with van der Waals surface area (Å²) in [5, 5.41) is 3.86. The summed E-state index contributed by atoms with van der Waals surface area (Å²) in [7, 11) is 0. The second kappa shape index (κ2) is 6.83. The first kappa shape index (κ1) is 16.6. The molecular weight excluding hydrogens is 331 g/mol. The van der Waals surface area contributed by atoms with E-state index in [9.17, 15) is 9.18 Å². The zero-order valence-corrected chi connectivity index (χ0v) is 14.6. The van der Waals surface area contributed by atoms with Crippen LogP contribution in [0.4, 0.5) is 9.18 Å². The van der Waals surface area contributed by atoms with Crippen molar-refractivity contribution in [2.45, 2.75) is 38.8 Å². The number of nitrogens with one attached hydrogen (secondary N) is 2. The Balaban J connectivity index is 1.44. The van der Waals surface area contributed by atoms with Crippen LogP contribution in [-0.4, -0.2) is 17.1 Å². The predicted octanol–water partition coefficient (Wildman–Crippen LogP) is 4.40. The molecule has 0 saturated heterocycles. The first-order valence-electron chi connectivity index (χ1n) is 8.87. The molecular formula is C21H21FN2O2. The molecule has 0 radical (unpaired) electrons. The van der Waals surface area contributed by atoms with E-state index in [1.807, 2.05) is 37.3 Å². The van der Waals surface area contributed by atoms with Gasteiger partial charge in [-0.1, -0.05) is 30.3 Å². The highest BCUT2D eigenvalue weighted by Gasteiger charge is 2.25. The van der Waals surface area contributed by atoms with Crippen molar-refractivity contribution in [3.8, 4) is 0 Å². The molecule has 4 rings (SSSR count). The fourth-order valence-electron chi connectivity index (χ4n) is 3.70. The van der Waals surface area contributed by atoms with E-state index < -0.39 is 6.09 Å². The molecule has 2 N–H and O–H groups in total. The summed E-state index contributed by atoms with van der Waals surface area (Å²) in [5.41, 5.74) is 5.09. The molecule has 1 aliphatic carbocycles. The third-order valence-corrected chi connectivity index (χ3v) is 4.99. The molecule has 0 fully saturated rings. The third kappa shape index (κ3) is 3.29. The molecule has 0 saturated carbocycles. The second-order valence-electron chi connectivity index (χ2n) is 6.87. The molecule has 1 amide bonds. The van der Waals surface area contributed by atoms with Crippen molar-refractivity contribution in [3.63, 3.8) is 0 Å². The minimum absolute atomic E-state index is 0.00616. The monoisotopic (exact) mass is 352 g/mol. The average Bonchev–Trinajstić information content (AvgIpc) is 2.99. The Morgan fingerprint density at radius 1 is 1.31 bits per heavy atom. The molecule has 3 aromatic rings. The summed E-state index contributed by atoms with van der Waals surface area (Å²) >= 11 is 0. The molecule has 1 atom stereocenters. The van der Waals surface area contributed by atoms with Crippen LogP contribution in [0.15, 0.2) is 42.5 Å². The lowest BCUT2D eigenvalue weighted by Crippen LogP contribution is -2.39. The van der Waals surface area contributed by atoms with E-state index in [1.54, 1.807) is 12.1 Å². The number of halogens is 1. The van der Waals surface area contributed by atoms with E-state index in [0.717, 1.165) is 46.1 Å². The van der Waals surface area contributed by atoms with E-state index >= 15 is 0 Å². The summed E-state index contributed by atoms with van der Waals surface area (Å²) in [6.45, 7) is 2.16. The number of alkyl carbamates (subject to hydrolysis) is 1. The summed E-state index contributed by atoms with van der Waals surface area (Å²) < 4.78 is 19.1. The van der Waals surface area contributed by atoms with E-state index in [1.165, 1.54) is 0 Å². The molecule has 2 aromatic carbocycles. The molecule has 4 nitrogen and oxygen atoms in total. The molecule has 134 valence electrons. The lowest BCUT2D eigenvalue weighted by molar-refractivity contribution is 0.134.